The highest BCUT2D eigenvalue weighted by Gasteiger charge is 2.15. The third kappa shape index (κ3) is 2.15. The molecule has 0 saturated heterocycles. The number of methoxy groups -OCH3 is 1. The zero-order valence-corrected chi connectivity index (χ0v) is 12.3. The number of ether oxygens (including phenoxy) is 1. The van der Waals surface area contributed by atoms with Gasteiger partial charge < -0.3 is 9.30 Å². The fraction of sp³-hybridized carbons (Fsp3) is 0.333. The van der Waals surface area contributed by atoms with E-state index in [2.05, 4.69) is 20.6 Å². The zero-order valence-electron chi connectivity index (χ0n) is 11.5. The second kappa shape index (κ2) is 5.38. The molecule has 3 aromatic rings. The van der Waals surface area contributed by atoms with Gasteiger partial charge in [-0.25, -0.2) is 4.98 Å². The predicted molar refractivity (Wildman–Crippen MR) is 81.1 cm³/mol. The number of alkyl halides is 1. The van der Waals surface area contributed by atoms with Crippen LogP contribution < -0.4 is 0 Å². The summed E-state index contributed by atoms with van der Waals surface area (Å²) >= 11 is 6.04. The Kier molecular flexibility index (Phi) is 3.59. The molecule has 0 aliphatic carbocycles. The number of hydrogen-bond acceptors (Lipinski definition) is 3. The van der Waals surface area contributed by atoms with Crippen molar-refractivity contribution in [1.29, 1.82) is 0 Å². The van der Waals surface area contributed by atoms with Crippen LogP contribution in [0.2, 0.25) is 0 Å². The highest BCUT2D eigenvalue weighted by Crippen LogP contribution is 2.25. The van der Waals surface area contributed by atoms with Crippen LogP contribution in [0.1, 0.15) is 12.7 Å². The topological polar surface area (TPSA) is 39.9 Å². The lowest BCUT2D eigenvalue weighted by Gasteiger charge is -2.14. The van der Waals surface area contributed by atoms with Gasteiger partial charge in [0.05, 0.1) is 35.8 Å². The number of nitrogens with zero attached hydrogens (tertiary/aromatic N) is 3. The summed E-state index contributed by atoms with van der Waals surface area (Å²) in [5.41, 5.74) is 2.92. The number of pyridine rings is 1. The molecule has 0 N–H and O–H groups in total. The monoisotopic (exact) mass is 289 g/mol. The summed E-state index contributed by atoms with van der Waals surface area (Å²) in [6.45, 7) is 2.76. The van der Waals surface area contributed by atoms with Crippen LogP contribution >= 0.6 is 11.6 Å². The molecule has 4 nitrogen and oxygen atoms in total. The van der Waals surface area contributed by atoms with Gasteiger partial charge in [0.2, 0.25) is 0 Å². The van der Waals surface area contributed by atoms with E-state index in [0.29, 0.717) is 5.88 Å². The van der Waals surface area contributed by atoms with Crippen molar-refractivity contribution in [3.05, 3.63) is 36.3 Å². The lowest BCUT2D eigenvalue weighted by atomic mass is 10.2. The molecule has 0 spiro atoms. The Hall–Kier alpha value is -1.65. The van der Waals surface area contributed by atoms with E-state index in [1.165, 1.54) is 0 Å². The molecule has 5 heteroatoms. The van der Waals surface area contributed by atoms with Crippen LogP contribution in [0, 0.1) is 0 Å². The van der Waals surface area contributed by atoms with Crippen LogP contribution in [0.25, 0.3) is 21.9 Å². The average Bonchev–Trinajstić information content (AvgIpc) is 2.85. The van der Waals surface area contributed by atoms with E-state index in [-0.39, 0.29) is 6.10 Å². The molecule has 2 heterocycles. The van der Waals surface area contributed by atoms with Crippen LogP contribution in [0.3, 0.4) is 0 Å². The Bertz CT molecular complexity index is 753. The standard InChI is InChI=1S/C15H16ClN3O/c1-10(20-2)9-19-14(7-16)18-13-8-17-12-6-4-3-5-11(12)15(13)19/h3-6,8,10H,7,9H2,1-2H3. The molecular formula is C15H16ClN3O. The molecule has 0 radical (unpaired) electrons. The zero-order chi connectivity index (χ0) is 14.1. The largest absolute Gasteiger partial charge is 0.380 e. The summed E-state index contributed by atoms with van der Waals surface area (Å²) in [6.07, 6.45) is 1.91. The third-order valence-corrected chi connectivity index (χ3v) is 3.76. The van der Waals surface area contributed by atoms with Crippen LogP contribution in [-0.4, -0.2) is 27.7 Å². The maximum Gasteiger partial charge on any atom is 0.125 e. The highest BCUT2D eigenvalue weighted by molar-refractivity contribution is 6.17. The predicted octanol–water partition coefficient (Wildman–Crippen LogP) is 3.36. The molecule has 0 aliphatic rings. The van der Waals surface area contributed by atoms with Gasteiger partial charge in [0.25, 0.3) is 0 Å². The van der Waals surface area contributed by atoms with Crippen LogP contribution in [0.4, 0.5) is 0 Å². The summed E-state index contributed by atoms with van der Waals surface area (Å²) in [5, 5.41) is 1.09. The maximum absolute atomic E-state index is 6.04. The van der Waals surface area contributed by atoms with Crippen molar-refractivity contribution in [2.24, 2.45) is 0 Å². The lowest BCUT2D eigenvalue weighted by Crippen LogP contribution is -2.16. The summed E-state index contributed by atoms with van der Waals surface area (Å²) in [5.74, 6) is 1.23. The van der Waals surface area contributed by atoms with Crippen molar-refractivity contribution in [2.45, 2.75) is 25.5 Å². The number of benzene rings is 1. The fourth-order valence-electron chi connectivity index (χ4n) is 2.44. The van der Waals surface area contributed by atoms with Crippen molar-refractivity contribution in [3.63, 3.8) is 0 Å². The SMILES string of the molecule is COC(C)Cn1c(CCl)nc2cnc3ccccc3c21. The molecular weight excluding hydrogens is 274 g/mol. The number of rotatable bonds is 4. The number of para-hydroxylation sites is 1. The Labute approximate surface area is 122 Å². The van der Waals surface area contributed by atoms with Crippen LogP contribution in [0.15, 0.2) is 30.5 Å². The summed E-state index contributed by atoms with van der Waals surface area (Å²) in [6, 6.07) is 8.08. The normalized spacial score (nSPS) is 13.2. The Morgan fingerprint density at radius 3 is 2.85 bits per heavy atom. The number of aromatic nitrogens is 3. The molecule has 0 saturated carbocycles. The minimum atomic E-state index is 0.0984. The van der Waals surface area contributed by atoms with Gasteiger partial charge in [-0.05, 0) is 13.0 Å². The molecule has 0 bridgehead atoms. The van der Waals surface area contributed by atoms with Gasteiger partial charge in [-0.2, -0.15) is 0 Å². The third-order valence-electron chi connectivity index (χ3n) is 3.52. The van der Waals surface area contributed by atoms with E-state index in [1.807, 2.05) is 31.3 Å². The average molecular weight is 290 g/mol. The minimum Gasteiger partial charge on any atom is -0.380 e. The smallest absolute Gasteiger partial charge is 0.125 e. The number of fused-ring (bicyclic) bond motifs is 3. The number of hydrogen-bond donors (Lipinski definition) is 0. The van der Waals surface area contributed by atoms with E-state index in [0.717, 1.165) is 34.3 Å². The summed E-state index contributed by atoms with van der Waals surface area (Å²) < 4.78 is 7.52. The highest BCUT2D eigenvalue weighted by atomic mass is 35.5. The van der Waals surface area contributed by atoms with Gasteiger partial charge in [0.15, 0.2) is 0 Å². The van der Waals surface area contributed by atoms with E-state index < -0.39 is 0 Å². The number of halogens is 1. The van der Waals surface area contributed by atoms with E-state index >= 15 is 0 Å². The molecule has 1 unspecified atom stereocenters. The van der Waals surface area contributed by atoms with Crippen LogP contribution in [-0.2, 0) is 17.2 Å². The fourth-order valence-corrected chi connectivity index (χ4v) is 2.64. The van der Waals surface area contributed by atoms with E-state index in [9.17, 15) is 0 Å². The second-order valence-corrected chi connectivity index (χ2v) is 5.10. The molecule has 20 heavy (non-hydrogen) atoms. The molecule has 1 atom stereocenters. The molecule has 2 aromatic heterocycles. The molecule has 1 aromatic carbocycles. The molecule has 3 rings (SSSR count). The maximum atomic E-state index is 6.04. The molecule has 0 amide bonds. The first kappa shape index (κ1) is 13.3. The van der Waals surface area contributed by atoms with Crippen LogP contribution in [0.5, 0.6) is 0 Å². The first-order valence-electron chi connectivity index (χ1n) is 6.56. The number of imidazole rings is 1. The van der Waals surface area contributed by atoms with Crippen molar-refractivity contribution in [2.75, 3.05) is 7.11 Å². The van der Waals surface area contributed by atoms with Crippen molar-refractivity contribution in [3.8, 4) is 0 Å². The van der Waals surface area contributed by atoms with Gasteiger partial charge in [-0.3, -0.25) is 4.98 Å². The Morgan fingerprint density at radius 1 is 1.30 bits per heavy atom. The van der Waals surface area contributed by atoms with Gasteiger partial charge in [0.1, 0.15) is 11.3 Å². The quantitative estimate of drug-likeness (QED) is 0.692. The first-order chi connectivity index (χ1) is 9.74. The van der Waals surface area contributed by atoms with Crippen molar-refractivity contribution < 1.29 is 4.74 Å². The molecule has 0 fully saturated rings. The Balaban J connectivity index is 2.31. The van der Waals surface area contributed by atoms with E-state index in [4.69, 9.17) is 16.3 Å². The molecule has 104 valence electrons. The summed E-state index contributed by atoms with van der Waals surface area (Å²) in [4.78, 5) is 9.03. The van der Waals surface area contributed by atoms with Gasteiger partial charge in [0, 0.05) is 12.5 Å². The summed E-state index contributed by atoms with van der Waals surface area (Å²) in [7, 11) is 1.71. The van der Waals surface area contributed by atoms with Crippen molar-refractivity contribution >= 4 is 33.5 Å². The van der Waals surface area contributed by atoms with E-state index in [1.54, 1.807) is 7.11 Å². The van der Waals surface area contributed by atoms with Gasteiger partial charge in [-0.15, -0.1) is 11.6 Å². The van der Waals surface area contributed by atoms with Crippen molar-refractivity contribution in [1.82, 2.24) is 14.5 Å². The van der Waals surface area contributed by atoms with Gasteiger partial charge >= 0.3 is 0 Å². The first-order valence-corrected chi connectivity index (χ1v) is 7.09. The Morgan fingerprint density at radius 2 is 2.10 bits per heavy atom. The molecule has 0 aliphatic heterocycles. The minimum absolute atomic E-state index is 0.0984. The lowest BCUT2D eigenvalue weighted by molar-refractivity contribution is 0.104. The second-order valence-electron chi connectivity index (χ2n) is 4.83. The van der Waals surface area contributed by atoms with Gasteiger partial charge in [-0.1, -0.05) is 18.2 Å².